The van der Waals surface area contributed by atoms with Crippen LogP contribution in [-0.2, 0) is 14.8 Å². The first-order valence-electron chi connectivity index (χ1n) is 9.75. The first kappa shape index (κ1) is 22.7. The molecule has 0 aliphatic carbocycles. The molecule has 7 heteroatoms. The van der Waals surface area contributed by atoms with Gasteiger partial charge in [0.15, 0.2) is 0 Å². The average Bonchev–Trinajstić information content (AvgIpc) is 2.66. The standard InChI is InChI=1S/C22H30N2O4S/c1-5-28-20-13-11-19(12-14-20)24(29(4,26)27)16-22(25)23-21(15-17(2)3)18-9-7-6-8-10-18/h6-14,17,21H,5,15-16H2,1-4H3,(H,23,25)/t21-/m0/s1. The number of anilines is 1. The Morgan fingerprint density at radius 2 is 1.69 bits per heavy atom. The topological polar surface area (TPSA) is 75.7 Å². The summed E-state index contributed by atoms with van der Waals surface area (Å²) in [6.45, 7) is 6.29. The second-order valence-electron chi connectivity index (χ2n) is 7.36. The quantitative estimate of drug-likeness (QED) is 0.637. The van der Waals surface area contributed by atoms with E-state index in [1.54, 1.807) is 24.3 Å². The Kier molecular flexibility index (Phi) is 8.08. The molecule has 0 radical (unpaired) electrons. The highest BCUT2D eigenvalue weighted by Gasteiger charge is 2.23. The Hall–Kier alpha value is -2.54. The van der Waals surface area contributed by atoms with Crippen LogP contribution in [0, 0.1) is 5.92 Å². The maximum absolute atomic E-state index is 12.8. The van der Waals surface area contributed by atoms with Gasteiger partial charge in [-0.15, -0.1) is 0 Å². The Labute approximate surface area is 173 Å². The summed E-state index contributed by atoms with van der Waals surface area (Å²) in [6.07, 6.45) is 1.86. The van der Waals surface area contributed by atoms with E-state index < -0.39 is 10.0 Å². The molecule has 1 atom stereocenters. The first-order chi connectivity index (χ1) is 13.7. The van der Waals surface area contributed by atoms with Crippen LogP contribution in [0.3, 0.4) is 0 Å². The fourth-order valence-corrected chi connectivity index (χ4v) is 3.94. The molecule has 0 bridgehead atoms. The zero-order valence-electron chi connectivity index (χ0n) is 17.5. The van der Waals surface area contributed by atoms with Gasteiger partial charge >= 0.3 is 0 Å². The molecule has 0 aliphatic rings. The van der Waals surface area contributed by atoms with Crippen molar-refractivity contribution in [2.24, 2.45) is 5.92 Å². The van der Waals surface area contributed by atoms with Crippen LogP contribution in [0.1, 0.15) is 38.8 Å². The van der Waals surface area contributed by atoms with Gasteiger partial charge in [-0.1, -0.05) is 44.2 Å². The van der Waals surface area contributed by atoms with Crippen molar-refractivity contribution in [3.05, 3.63) is 60.2 Å². The molecule has 0 saturated heterocycles. The number of rotatable bonds is 10. The molecule has 0 saturated carbocycles. The highest BCUT2D eigenvalue weighted by atomic mass is 32.2. The second-order valence-corrected chi connectivity index (χ2v) is 9.26. The van der Waals surface area contributed by atoms with Gasteiger partial charge in [0.1, 0.15) is 12.3 Å². The number of nitrogens with zero attached hydrogens (tertiary/aromatic N) is 1. The highest BCUT2D eigenvalue weighted by Crippen LogP contribution is 2.23. The summed E-state index contributed by atoms with van der Waals surface area (Å²) in [7, 11) is -3.63. The Morgan fingerprint density at radius 3 is 2.21 bits per heavy atom. The SMILES string of the molecule is CCOc1ccc(N(CC(=O)N[C@@H](CC(C)C)c2ccccc2)S(C)(=O)=O)cc1. The molecular weight excluding hydrogens is 388 g/mol. The van der Waals surface area contributed by atoms with Crippen molar-refractivity contribution in [1.29, 1.82) is 0 Å². The van der Waals surface area contributed by atoms with Crippen molar-refractivity contribution in [1.82, 2.24) is 5.32 Å². The Bertz CT molecular complexity index is 881. The van der Waals surface area contributed by atoms with E-state index in [2.05, 4.69) is 19.2 Å². The third kappa shape index (κ3) is 7.09. The van der Waals surface area contributed by atoms with Crippen molar-refractivity contribution >= 4 is 21.6 Å². The lowest BCUT2D eigenvalue weighted by molar-refractivity contribution is -0.120. The molecule has 2 aromatic carbocycles. The molecule has 1 amide bonds. The van der Waals surface area contributed by atoms with Gasteiger partial charge in [0, 0.05) is 0 Å². The fourth-order valence-electron chi connectivity index (χ4n) is 3.08. The summed E-state index contributed by atoms with van der Waals surface area (Å²) in [5.74, 6) is 0.673. The smallest absolute Gasteiger partial charge is 0.241 e. The van der Waals surface area contributed by atoms with Gasteiger partial charge in [0.2, 0.25) is 15.9 Å². The maximum atomic E-state index is 12.8. The van der Waals surface area contributed by atoms with E-state index in [9.17, 15) is 13.2 Å². The van der Waals surface area contributed by atoms with Crippen LogP contribution in [0.5, 0.6) is 5.75 Å². The van der Waals surface area contributed by atoms with E-state index in [0.717, 1.165) is 22.5 Å². The van der Waals surface area contributed by atoms with Gasteiger partial charge in [-0.2, -0.15) is 0 Å². The first-order valence-corrected chi connectivity index (χ1v) is 11.6. The summed E-state index contributed by atoms with van der Waals surface area (Å²) >= 11 is 0. The predicted molar refractivity (Wildman–Crippen MR) is 117 cm³/mol. The molecule has 6 nitrogen and oxygen atoms in total. The molecule has 29 heavy (non-hydrogen) atoms. The summed E-state index contributed by atoms with van der Waals surface area (Å²) in [6, 6.07) is 16.2. The molecular formula is C22H30N2O4S. The van der Waals surface area contributed by atoms with E-state index in [1.165, 1.54) is 0 Å². The van der Waals surface area contributed by atoms with Gasteiger partial charge < -0.3 is 10.1 Å². The van der Waals surface area contributed by atoms with Gasteiger partial charge in [0.05, 0.1) is 24.6 Å². The minimum absolute atomic E-state index is 0.176. The number of hydrogen-bond donors (Lipinski definition) is 1. The third-order valence-corrected chi connectivity index (χ3v) is 5.51. The van der Waals surface area contributed by atoms with Crippen molar-refractivity contribution in [2.45, 2.75) is 33.2 Å². The van der Waals surface area contributed by atoms with Crippen LogP contribution in [0.2, 0.25) is 0 Å². The van der Waals surface area contributed by atoms with E-state index in [4.69, 9.17) is 4.74 Å². The zero-order chi connectivity index (χ0) is 21.4. The van der Waals surface area contributed by atoms with Crippen LogP contribution in [-0.4, -0.2) is 33.7 Å². The molecule has 0 unspecified atom stereocenters. The van der Waals surface area contributed by atoms with Crippen molar-refractivity contribution in [2.75, 3.05) is 23.7 Å². The van der Waals surface area contributed by atoms with Crippen LogP contribution in [0.4, 0.5) is 5.69 Å². The number of benzene rings is 2. The molecule has 0 fully saturated rings. The molecule has 158 valence electrons. The van der Waals surface area contributed by atoms with E-state index >= 15 is 0 Å². The number of nitrogens with one attached hydrogen (secondary N) is 1. The molecule has 0 heterocycles. The fraction of sp³-hybridized carbons (Fsp3) is 0.409. The van der Waals surface area contributed by atoms with Crippen LogP contribution < -0.4 is 14.4 Å². The van der Waals surface area contributed by atoms with Gasteiger partial charge in [-0.05, 0) is 49.1 Å². The van der Waals surface area contributed by atoms with Crippen molar-refractivity contribution in [3.8, 4) is 5.75 Å². The Morgan fingerprint density at radius 1 is 1.07 bits per heavy atom. The second kappa shape index (κ2) is 10.3. The van der Waals surface area contributed by atoms with Crippen LogP contribution in [0.25, 0.3) is 0 Å². The lowest BCUT2D eigenvalue weighted by atomic mass is 9.97. The molecule has 0 aliphatic heterocycles. The predicted octanol–water partition coefficient (Wildman–Crippen LogP) is 3.75. The normalized spacial score (nSPS) is 12.4. The monoisotopic (exact) mass is 418 g/mol. The number of sulfonamides is 1. The zero-order valence-corrected chi connectivity index (χ0v) is 18.3. The number of ether oxygens (including phenoxy) is 1. The summed E-state index contributed by atoms with van der Waals surface area (Å²) in [5, 5.41) is 3.00. The largest absolute Gasteiger partial charge is 0.494 e. The summed E-state index contributed by atoms with van der Waals surface area (Å²) in [5.41, 5.74) is 1.42. The minimum Gasteiger partial charge on any atom is -0.494 e. The van der Waals surface area contributed by atoms with E-state index in [0.29, 0.717) is 24.0 Å². The van der Waals surface area contributed by atoms with E-state index in [-0.39, 0.29) is 18.5 Å². The lowest BCUT2D eigenvalue weighted by Crippen LogP contribution is -2.41. The summed E-state index contributed by atoms with van der Waals surface area (Å²) < 4.78 is 31.2. The van der Waals surface area contributed by atoms with Crippen molar-refractivity contribution in [3.63, 3.8) is 0 Å². The van der Waals surface area contributed by atoms with E-state index in [1.807, 2.05) is 37.3 Å². The molecule has 2 aromatic rings. The minimum atomic E-state index is -3.63. The Balaban J connectivity index is 2.18. The van der Waals surface area contributed by atoms with Gasteiger partial charge in [-0.25, -0.2) is 8.42 Å². The van der Waals surface area contributed by atoms with Crippen molar-refractivity contribution < 1.29 is 17.9 Å². The van der Waals surface area contributed by atoms with Crippen LogP contribution >= 0.6 is 0 Å². The molecule has 0 spiro atoms. The average molecular weight is 419 g/mol. The highest BCUT2D eigenvalue weighted by molar-refractivity contribution is 7.92. The van der Waals surface area contributed by atoms with Gasteiger partial charge in [-0.3, -0.25) is 9.10 Å². The number of hydrogen-bond acceptors (Lipinski definition) is 4. The number of carbonyl (C=O) groups is 1. The molecule has 2 rings (SSSR count). The maximum Gasteiger partial charge on any atom is 0.241 e. The lowest BCUT2D eigenvalue weighted by Gasteiger charge is -2.25. The number of amides is 1. The van der Waals surface area contributed by atoms with Gasteiger partial charge in [0.25, 0.3) is 0 Å². The molecule has 0 aromatic heterocycles. The number of carbonyl (C=O) groups excluding carboxylic acids is 1. The molecule has 1 N–H and O–H groups in total. The third-order valence-electron chi connectivity index (χ3n) is 4.37. The van der Waals surface area contributed by atoms with Crippen LogP contribution in [0.15, 0.2) is 54.6 Å². The summed E-state index contributed by atoms with van der Waals surface area (Å²) in [4.78, 5) is 12.8.